The van der Waals surface area contributed by atoms with Crippen molar-refractivity contribution in [3.05, 3.63) is 12.2 Å². The molecular formula is C25H40N2O3. The first-order valence-electron chi connectivity index (χ1n) is 12.1. The Morgan fingerprint density at radius 3 is 2.77 bits per heavy atom. The van der Waals surface area contributed by atoms with Crippen molar-refractivity contribution in [2.24, 2.45) is 34.5 Å². The number of fused-ring (bicyclic) bond motifs is 5. The zero-order valence-corrected chi connectivity index (χ0v) is 19.3. The third-order valence-electron chi connectivity index (χ3n) is 9.41. The van der Waals surface area contributed by atoms with Gasteiger partial charge in [0.05, 0.1) is 0 Å². The number of amides is 2. The highest BCUT2D eigenvalue weighted by Crippen LogP contribution is 2.65. The van der Waals surface area contributed by atoms with Crippen LogP contribution < -0.4 is 5.32 Å². The van der Waals surface area contributed by atoms with Gasteiger partial charge < -0.3 is 15.0 Å². The zero-order chi connectivity index (χ0) is 21.5. The molecule has 5 nitrogen and oxygen atoms in total. The molecule has 0 aromatic carbocycles. The highest BCUT2D eigenvalue weighted by Gasteiger charge is 2.61. The molecule has 0 aromatic heterocycles. The van der Waals surface area contributed by atoms with Crippen LogP contribution in [-0.4, -0.2) is 49.6 Å². The van der Waals surface area contributed by atoms with Gasteiger partial charge in [0.25, 0.3) is 0 Å². The van der Waals surface area contributed by atoms with Crippen LogP contribution in [0.25, 0.3) is 0 Å². The summed E-state index contributed by atoms with van der Waals surface area (Å²) in [5, 5.41) is 3.20. The molecule has 3 saturated carbocycles. The van der Waals surface area contributed by atoms with E-state index in [4.69, 9.17) is 4.74 Å². The second kappa shape index (κ2) is 8.29. The van der Waals surface area contributed by atoms with Crippen molar-refractivity contribution in [3.8, 4) is 0 Å². The zero-order valence-electron chi connectivity index (χ0n) is 19.3. The summed E-state index contributed by atoms with van der Waals surface area (Å²) in [7, 11) is 1.98. The Kier molecular flexibility index (Phi) is 6.04. The summed E-state index contributed by atoms with van der Waals surface area (Å²) in [6, 6.07) is 0.325. The minimum absolute atomic E-state index is 0.0759. The summed E-state index contributed by atoms with van der Waals surface area (Å²) < 4.78 is 5.39. The Morgan fingerprint density at radius 1 is 1.20 bits per heavy atom. The normalized spacial score (nSPS) is 42.5. The molecule has 1 heterocycles. The molecule has 0 unspecified atom stereocenters. The summed E-state index contributed by atoms with van der Waals surface area (Å²) in [6.07, 6.45) is 11.7. The van der Waals surface area contributed by atoms with Crippen molar-refractivity contribution < 1.29 is 14.3 Å². The van der Waals surface area contributed by atoms with E-state index in [2.05, 4.69) is 25.2 Å². The predicted molar refractivity (Wildman–Crippen MR) is 118 cm³/mol. The Bertz CT molecular complexity index is 707. The van der Waals surface area contributed by atoms with E-state index in [1.54, 1.807) is 6.08 Å². The minimum Gasteiger partial charge on any atom is -0.382 e. The number of hydrogen-bond donors (Lipinski definition) is 1. The second-order valence-electron chi connectivity index (χ2n) is 10.6. The maximum absolute atomic E-state index is 13.1. The van der Waals surface area contributed by atoms with Crippen LogP contribution in [0.2, 0.25) is 0 Å². The summed E-state index contributed by atoms with van der Waals surface area (Å²) in [5.41, 5.74) is 0.195. The summed E-state index contributed by atoms with van der Waals surface area (Å²) in [6.45, 7) is 8.95. The lowest BCUT2D eigenvalue weighted by molar-refractivity contribution is -0.142. The van der Waals surface area contributed by atoms with Gasteiger partial charge in [-0.05, 0) is 81.1 Å². The molecule has 1 N–H and O–H groups in total. The summed E-state index contributed by atoms with van der Waals surface area (Å²) >= 11 is 0. The standard InChI is InChI=1S/C25H40N2O3/c1-5-30-16-6-15-26-23(29)20-9-8-18-17-7-10-21-25(3,14-12-22(28)27(21)4)19(17)11-13-24(18,20)2/h12,14,17-21H,5-11,13,15-16H2,1-4H3,(H,26,29)/t17-,18-,19-,20+,21+,24-,25+/m0/s1. The molecule has 1 aliphatic heterocycles. The monoisotopic (exact) mass is 416 g/mol. The lowest BCUT2D eigenvalue weighted by Gasteiger charge is -2.60. The second-order valence-corrected chi connectivity index (χ2v) is 10.6. The largest absolute Gasteiger partial charge is 0.382 e. The van der Waals surface area contributed by atoms with E-state index in [1.807, 2.05) is 18.9 Å². The smallest absolute Gasteiger partial charge is 0.246 e. The molecule has 168 valence electrons. The molecule has 3 fully saturated rings. The highest BCUT2D eigenvalue weighted by molar-refractivity contribution is 5.89. The van der Waals surface area contributed by atoms with E-state index in [0.29, 0.717) is 30.3 Å². The molecule has 3 aliphatic carbocycles. The Labute approximate surface area is 182 Å². The van der Waals surface area contributed by atoms with Crippen LogP contribution in [0.1, 0.15) is 65.7 Å². The van der Waals surface area contributed by atoms with Gasteiger partial charge >= 0.3 is 0 Å². The molecule has 0 saturated heterocycles. The van der Waals surface area contributed by atoms with E-state index in [1.165, 1.54) is 19.3 Å². The third-order valence-corrected chi connectivity index (χ3v) is 9.41. The van der Waals surface area contributed by atoms with Gasteiger partial charge in [0.15, 0.2) is 0 Å². The lowest BCUT2D eigenvalue weighted by Crippen LogP contribution is -2.59. The predicted octanol–water partition coefficient (Wildman–Crippen LogP) is 3.78. The van der Waals surface area contributed by atoms with Crippen LogP contribution in [0.15, 0.2) is 12.2 Å². The number of rotatable bonds is 6. The van der Waals surface area contributed by atoms with Crippen LogP contribution in [0.3, 0.4) is 0 Å². The van der Waals surface area contributed by atoms with E-state index in [0.717, 1.165) is 38.9 Å². The van der Waals surface area contributed by atoms with E-state index < -0.39 is 0 Å². The van der Waals surface area contributed by atoms with Gasteiger partial charge in [-0.25, -0.2) is 0 Å². The average Bonchev–Trinajstić information content (AvgIpc) is 3.08. The Balaban J connectivity index is 1.46. The van der Waals surface area contributed by atoms with Crippen LogP contribution in [0, 0.1) is 34.5 Å². The molecule has 4 rings (SSSR count). The Hall–Kier alpha value is -1.36. The van der Waals surface area contributed by atoms with E-state index >= 15 is 0 Å². The maximum Gasteiger partial charge on any atom is 0.246 e. The van der Waals surface area contributed by atoms with Crippen molar-refractivity contribution in [2.45, 2.75) is 71.8 Å². The first-order chi connectivity index (χ1) is 14.3. The molecule has 0 spiro atoms. The van der Waals surface area contributed by atoms with Crippen molar-refractivity contribution in [1.82, 2.24) is 10.2 Å². The van der Waals surface area contributed by atoms with Crippen LogP contribution >= 0.6 is 0 Å². The molecule has 0 radical (unpaired) electrons. The number of ether oxygens (including phenoxy) is 1. The van der Waals surface area contributed by atoms with Crippen LogP contribution in [0.5, 0.6) is 0 Å². The van der Waals surface area contributed by atoms with Crippen LogP contribution in [-0.2, 0) is 14.3 Å². The molecule has 0 aromatic rings. The van der Waals surface area contributed by atoms with Gasteiger partial charge in [0.2, 0.25) is 11.8 Å². The topological polar surface area (TPSA) is 58.6 Å². The van der Waals surface area contributed by atoms with Crippen molar-refractivity contribution in [3.63, 3.8) is 0 Å². The van der Waals surface area contributed by atoms with Gasteiger partial charge in [0.1, 0.15) is 0 Å². The maximum atomic E-state index is 13.1. The Morgan fingerprint density at radius 2 is 2.00 bits per heavy atom. The van der Waals surface area contributed by atoms with Crippen molar-refractivity contribution in [1.29, 1.82) is 0 Å². The number of carbonyl (C=O) groups is 2. The average molecular weight is 417 g/mol. The van der Waals surface area contributed by atoms with Gasteiger partial charge in [-0.3, -0.25) is 9.59 Å². The molecule has 30 heavy (non-hydrogen) atoms. The lowest BCUT2D eigenvalue weighted by atomic mass is 9.47. The first-order valence-corrected chi connectivity index (χ1v) is 12.1. The van der Waals surface area contributed by atoms with E-state index in [-0.39, 0.29) is 28.6 Å². The molecule has 7 atom stereocenters. The number of likely N-dealkylation sites (N-methyl/N-ethyl adjacent to an activating group) is 1. The molecule has 4 aliphatic rings. The minimum atomic E-state index is 0.0759. The van der Waals surface area contributed by atoms with Crippen molar-refractivity contribution in [2.75, 3.05) is 26.8 Å². The number of carbonyl (C=O) groups excluding carboxylic acids is 2. The van der Waals surface area contributed by atoms with Gasteiger partial charge in [-0.1, -0.05) is 19.9 Å². The first kappa shape index (κ1) is 21.9. The SMILES string of the molecule is CCOCCCNC(=O)[C@H]1CC[C@H]2[C@@H]3CC[C@H]4N(C)C(=O)C=C[C@]4(C)[C@H]3CC[C@]12C. The quantitative estimate of drug-likeness (QED) is 0.670. The molecule has 2 amide bonds. The third kappa shape index (κ3) is 3.41. The molecule has 5 heteroatoms. The fourth-order valence-electron chi connectivity index (χ4n) is 7.82. The van der Waals surface area contributed by atoms with E-state index in [9.17, 15) is 9.59 Å². The number of nitrogens with zero attached hydrogens (tertiary/aromatic N) is 1. The fourth-order valence-corrected chi connectivity index (χ4v) is 7.82. The number of nitrogens with one attached hydrogen (secondary N) is 1. The number of hydrogen-bond acceptors (Lipinski definition) is 3. The van der Waals surface area contributed by atoms with Crippen molar-refractivity contribution >= 4 is 11.8 Å². The van der Waals surface area contributed by atoms with Gasteiger partial charge in [-0.2, -0.15) is 0 Å². The van der Waals surface area contributed by atoms with Gasteiger partial charge in [0, 0.05) is 44.2 Å². The highest BCUT2D eigenvalue weighted by atomic mass is 16.5. The fraction of sp³-hybridized carbons (Fsp3) is 0.840. The summed E-state index contributed by atoms with van der Waals surface area (Å²) in [4.78, 5) is 27.3. The van der Waals surface area contributed by atoms with Gasteiger partial charge in [-0.15, -0.1) is 0 Å². The molecule has 0 bridgehead atoms. The molecular weight excluding hydrogens is 376 g/mol. The van der Waals surface area contributed by atoms with Crippen LogP contribution in [0.4, 0.5) is 0 Å². The summed E-state index contributed by atoms with van der Waals surface area (Å²) in [5.74, 6) is 2.48.